The fraction of sp³-hybridized carbons (Fsp3) is 0.385. The van der Waals surface area contributed by atoms with Crippen molar-refractivity contribution in [3.05, 3.63) is 35.4 Å². The second-order valence-electron chi connectivity index (χ2n) is 3.75. The van der Waals surface area contributed by atoms with Gasteiger partial charge in [0.25, 0.3) is 0 Å². The van der Waals surface area contributed by atoms with Gasteiger partial charge in [-0.05, 0) is 19.4 Å². The van der Waals surface area contributed by atoms with Crippen molar-refractivity contribution in [1.82, 2.24) is 5.32 Å². The average molecular weight is 235 g/mol. The maximum Gasteiger partial charge on any atom is 0.325 e. The lowest BCUT2D eigenvalue weighted by molar-refractivity contribution is -0.143. The summed E-state index contributed by atoms with van der Waals surface area (Å²) in [6.07, 6.45) is 0.279. The van der Waals surface area contributed by atoms with Crippen molar-refractivity contribution in [2.24, 2.45) is 0 Å². The number of benzene rings is 1. The average Bonchev–Trinajstić information content (AvgIpc) is 2.27. The summed E-state index contributed by atoms with van der Waals surface area (Å²) >= 11 is 0. The van der Waals surface area contributed by atoms with Crippen LogP contribution in [0.1, 0.15) is 18.1 Å². The number of aryl methyl sites for hydroxylation is 1. The van der Waals surface area contributed by atoms with Crippen LogP contribution in [0.4, 0.5) is 0 Å². The van der Waals surface area contributed by atoms with Crippen molar-refractivity contribution >= 4 is 11.9 Å². The predicted molar refractivity (Wildman–Crippen MR) is 64.5 cm³/mol. The first-order valence-corrected chi connectivity index (χ1v) is 5.59. The van der Waals surface area contributed by atoms with Gasteiger partial charge in [-0.25, -0.2) is 0 Å². The molecule has 0 aromatic heterocycles. The molecule has 1 N–H and O–H groups in total. The lowest BCUT2D eigenvalue weighted by Gasteiger charge is -2.05. The molecular formula is C13H17NO3. The lowest BCUT2D eigenvalue weighted by Crippen LogP contribution is -2.31. The van der Waals surface area contributed by atoms with Crippen LogP contribution >= 0.6 is 0 Å². The molecule has 1 aromatic rings. The minimum absolute atomic E-state index is 0.0709. The van der Waals surface area contributed by atoms with E-state index in [1.807, 2.05) is 31.2 Å². The Morgan fingerprint density at radius 3 is 2.76 bits per heavy atom. The van der Waals surface area contributed by atoms with Crippen molar-refractivity contribution in [1.29, 1.82) is 0 Å². The third kappa shape index (κ3) is 5.15. The molecule has 4 nitrogen and oxygen atoms in total. The van der Waals surface area contributed by atoms with Gasteiger partial charge in [-0.15, -0.1) is 0 Å². The standard InChI is InChI=1S/C13H17NO3/c1-3-17-13(16)9-14-12(15)8-11-6-4-5-10(2)7-11/h4-7H,3,8-9H2,1-2H3,(H,14,15). The van der Waals surface area contributed by atoms with E-state index < -0.39 is 5.97 Å². The summed E-state index contributed by atoms with van der Waals surface area (Å²) in [7, 11) is 0. The van der Waals surface area contributed by atoms with Crippen LogP contribution < -0.4 is 5.32 Å². The van der Waals surface area contributed by atoms with E-state index in [4.69, 9.17) is 4.74 Å². The lowest BCUT2D eigenvalue weighted by atomic mass is 10.1. The highest BCUT2D eigenvalue weighted by atomic mass is 16.5. The largest absolute Gasteiger partial charge is 0.465 e. The monoisotopic (exact) mass is 235 g/mol. The van der Waals surface area contributed by atoms with Crippen LogP contribution in [0.5, 0.6) is 0 Å². The van der Waals surface area contributed by atoms with E-state index in [0.29, 0.717) is 6.61 Å². The van der Waals surface area contributed by atoms with Crippen LogP contribution in [0.15, 0.2) is 24.3 Å². The zero-order valence-corrected chi connectivity index (χ0v) is 10.2. The first-order valence-electron chi connectivity index (χ1n) is 5.59. The molecule has 0 saturated heterocycles. The van der Waals surface area contributed by atoms with Gasteiger partial charge in [0.1, 0.15) is 6.54 Å². The van der Waals surface area contributed by atoms with Gasteiger partial charge in [-0.1, -0.05) is 29.8 Å². The van der Waals surface area contributed by atoms with Crippen LogP contribution in [0.2, 0.25) is 0 Å². The molecule has 1 rings (SSSR count). The van der Waals surface area contributed by atoms with Crippen molar-refractivity contribution in [2.45, 2.75) is 20.3 Å². The molecule has 0 aliphatic rings. The Hall–Kier alpha value is -1.84. The van der Waals surface area contributed by atoms with Crippen molar-refractivity contribution in [3.8, 4) is 0 Å². The van der Waals surface area contributed by atoms with Crippen molar-refractivity contribution < 1.29 is 14.3 Å². The maximum absolute atomic E-state index is 11.5. The Balaban J connectivity index is 2.37. The Bertz CT molecular complexity index is 401. The molecule has 0 aliphatic carbocycles. The third-order valence-corrected chi connectivity index (χ3v) is 2.18. The molecule has 4 heteroatoms. The molecule has 0 spiro atoms. The minimum Gasteiger partial charge on any atom is -0.465 e. The summed E-state index contributed by atoms with van der Waals surface area (Å²) < 4.78 is 4.71. The first-order chi connectivity index (χ1) is 8.11. The molecule has 92 valence electrons. The number of hydrogen-bond acceptors (Lipinski definition) is 3. The summed E-state index contributed by atoms with van der Waals surface area (Å²) in [5.74, 6) is -0.589. The van der Waals surface area contributed by atoms with Crippen molar-refractivity contribution in [2.75, 3.05) is 13.2 Å². The van der Waals surface area contributed by atoms with Gasteiger partial charge in [0.05, 0.1) is 13.0 Å². The highest BCUT2D eigenvalue weighted by molar-refractivity contribution is 5.83. The summed E-state index contributed by atoms with van der Waals surface area (Å²) in [4.78, 5) is 22.5. The van der Waals surface area contributed by atoms with Crippen LogP contribution in [-0.4, -0.2) is 25.0 Å². The highest BCUT2D eigenvalue weighted by Gasteiger charge is 2.06. The number of rotatable bonds is 5. The van der Waals surface area contributed by atoms with E-state index in [1.165, 1.54) is 0 Å². The van der Waals surface area contributed by atoms with Crippen LogP contribution in [0.3, 0.4) is 0 Å². The Morgan fingerprint density at radius 1 is 1.35 bits per heavy atom. The summed E-state index contributed by atoms with van der Waals surface area (Å²) in [6, 6.07) is 7.71. The molecular weight excluding hydrogens is 218 g/mol. The predicted octanol–water partition coefficient (Wildman–Crippen LogP) is 1.22. The molecule has 1 aromatic carbocycles. The maximum atomic E-state index is 11.5. The molecule has 1 amide bonds. The highest BCUT2D eigenvalue weighted by Crippen LogP contribution is 2.04. The second-order valence-corrected chi connectivity index (χ2v) is 3.75. The van der Waals surface area contributed by atoms with E-state index >= 15 is 0 Å². The number of ether oxygens (including phenoxy) is 1. The van der Waals surface area contributed by atoms with Crippen LogP contribution in [-0.2, 0) is 20.7 Å². The summed E-state index contributed by atoms with van der Waals surface area (Å²) in [5.41, 5.74) is 2.05. The summed E-state index contributed by atoms with van der Waals surface area (Å²) in [6.45, 7) is 3.96. The number of carbonyl (C=O) groups excluding carboxylic acids is 2. The van der Waals surface area contributed by atoms with Crippen LogP contribution in [0.25, 0.3) is 0 Å². The number of nitrogens with one attached hydrogen (secondary N) is 1. The molecule has 0 fully saturated rings. The fourth-order valence-electron chi connectivity index (χ4n) is 1.45. The zero-order chi connectivity index (χ0) is 12.7. The quantitative estimate of drug-likeness (QED) is 0.781. The van der Waals surface area contributed by atoms with E-state index in [9.17, 15) is 9.59 Å². The number of amides is 1. The van der Waals surface area contributed by atoms with Gasteiger partial charge in [0, 0.05) is 0 Å². The fourth-order valence-corrected chi connectivity index (χ4v) is 1.45. The Labute approximate surface area is 101 Å². The van der Waals surface area contributed by atoms with E-state index in [2.05, 4.69) is 5.32 Å². The van der Waals surface area contributed by atoms with Gasteiger partial charge in [-0.3, -0.25) is 9.59 Å². The SMILES string of the molecule is CCOC(=O)CNC(=O)Cc1cccc(C)c1. The molecule has 0 unspecified atom stereocenters. The van der Waals surface area contributed by atoms with E-state index in [1.54, 1.807) is 6.92 Å². The zero-order valence-electron chi connectivity index (χ0n) is 10.2. The summed E-state index contributed by atoms with van der Waals surface area (Å²) in [5, 5.41) is 2.52. The molecule has 0 heterocycles. The topological polar surface area (TPSA) is 55.4 Å². The molecule has 0 aliphatic heterocycles. The van der Waals surface area contributed by atoms with Gasteiger partial charge in [-0.2, -0.15) is 0 Å². The molecule has 0 bridgehead atoms. The van der Waals surface area contributed by atoms with Gasteiger partial charge in [0.15, 0.2) is 0 Å². The van der Waals surface area contributed by atoms with Gasteiger partial charge >= 0.3 is 5.97 Å². The normalized spacial score (nSPS) is 9.76. The smallest absolute Gasteiger partial charge is 0.325 e. The minimum atomic E-state index is -0.412. The van der Waals surface area contributed by atoms with E-state index in [-0.39, 0.29) is 18.9 Å². The number of esters is 1. The Morgan fingerprint density at radius 2 is 2.12 bits per heavy atom. The first kappa shape index (κ1) is 13.2. The van der Waals surface area contributed by atoms with E-state index in [0.717, 1.165) is 11.1 Å². The third-order valence-electron chi connectivity index (χ3n) is 2.18. The molecule has 0 saturated carbocycles. The number of carbonyl (C=O) groups is 2. The van der Waals surface area contributed by atoms with Crippen molar-refractivity contribution in [3.63, 3.8) is 0 Å². The van der Waals surface area contributed by atoms with Gasteiger partial charge in [0.2, 0.25) is 5.91 Å². The molecule has 17 heavy (non-hydrogen) atoms. The molecule has 0 radical (unpaired) electrons. The Kier molecular flexibility index (Phi) is 5.20. The number of hydrogen-bond donors (Lipinski definition) is 1. The second kappa shape index (κ2) is 6.68. The van der Waals surface area contributed by atoms with Crippen LogP contribution in [0, 0.1) is 6.92 Å². The van der Waals surface area contributed by atoms with Gasteiger partial charge < -0.3 is 10.1 Å². The molecule has 0 atom stereocenters.